The van der Waals surface area contributed by atoms with Crippen LogP contribution in [0.3, 0.4) is 0 Å². The second kappa shape index (κ2) is 7.14. The number of amides is 1. The van der Waals surface area contributed by atoms with Gasteiger partial charge in [-0.3, -0.25) is 4.79 Å². The highest BCUT2D eigenvalue weighted by Gasteiger charge is 2.27. The predicted octanol–water partition coefficient (Wildman–Crippen LogP) is 2.51. The summed E-state index contributed by atoms with van der Waals surface area (Å²) in [5.74, 6) is 0.769. The summed E-state index contributed by atoms with van der Waals surface area (Å²) in [6, 6.07) is 5.47. The average Bonchev–Trinajstić information content (AvgIpc) is 2.45. The Morgan fingerprint density at radius 2 is 2.29 bits per heavy atom. The van der Waals surface area contributed by atoms with Gasteiger partial charge in [-0.25, -0.2) is 0 Å². The highest BCUT2D eigenvalue weighted by molar-refractivity contribution is 6.32. The molecule has 0 aromatic heterocycles. The number of benzene rings is 1. The van der Waals surface area contributed by atoms with E-state index < -0.39 is 0 Å². The van der Waals surface area contributed by atoms with Crippen LogP contribution < -0.4 is 4.74 Å². The van der Waals surface area contributed by atoms with Crippen LogP contribution in [-0.4, -0.2) is 41.7 Å². The van der Waals surface area contributed by atoms with Crippen molar-refractivity contribution in [1.82, 2.24) is 4.90 Å². The lowest BCUT2D eigenvalue weighted by Gasteiger charge is -2.34. The topological polar surface area (TPSA) is 49.8 Å². The van der Waals surface area contributed by atoms with Gasteiger partial charge in [0.05, 0.1) is 24.2 Å². The van der Waals surface area contributed by atoms with E-state index in [1.807, 2.05) is 30.9 Å². The molecule has 1 aliphatic rings. The van der Waals surface area contributed by atoms with Crippen LogP contribution in [0.25, 0.3) is 0 Å². The molecule has 1 heterocycles. The number of piperidine rings is 1. The maximum absolute atomic E-state index is 12.4. The Bertz CT molecular complexity index is 506. The lowest BCUT2D eigenvalue weighted by molar-refractivity contribution is -0.134. The molecule has 21 heavy (non-hydrogen) atoms. The Morgan fingerprint density at radius 1 is 1.52 bits per heavy atom. The quantitative estimate of drug-likeness (QED) is 0.929. The fourth-order valence-corrected chi connectivity index (χ4v) is 2.88. The third kappa shape index (κ3) is 3.89. The van der Waals surface area contributed by atoms with Gasteiger partial charge in [-0.2, -0.15) is 0 Å². The molecule has 1 saturated heterocycles. The van der Waals surface area contributed by atoms with E-state index in [1.165, 1.54) is 0 Å². The molecule has 1 aromatic rings. The molecule has 0 spiro atoms. The molecular formula is C16H22ClNO3. The maximum atomic E-state index is 12.4. The summed E-state index contributed by atoms with van der Waals surface area (Å²) in [7, 11) is 0. The first-order chi connectivity index (χ1) is 10.0. The van der Waals surface area contributed by atoms with E-state index in [0.717, 1.165) is 5.56 Å². The molecule has 0 unspecified atom stereocenters. The first-order valence-corrected chi connectivity index (χ1v) is 7.76. The van der Waals surface area contributed by atoms with Gasteiger partial charge in [-0.15, -0.1) is 0 Å². The van der Waals surface area contributed by atoms with E-state index in [2.05, 4.69) is 0 Å². The van der Waals surface area contributed by atoms with Crippen molar-refractivity contribution in [1.29, 1.82) is 0 Å². The molecule has 2 atom stereocenters. The number of aliphatic hydroxyl groups excluding tert-OH is 1. The zero-order valence-electron chi connectivity index (χ0n) is 12.5. The summed E-state index contributed by atoms with van der Waals surface area (Å²) >= 11 is 6.14. The van der Waals surface area contributed by atoms with Crippen molar-refractivity contribution in [2.45, 2.75) is 32.8 Å². The minimum Gasteiger partial charge on any atom is -0.492 e. The second-order valence-electron chi connectivity index (χ2n) is 5.51. The number of ether oxygens (including phenoxy) is 1. The number of carbonyl (C=O) groups excluding carboxylic acids is 1. The minimum absolute atomic E-state index is 0.0527. The first-order valence-electron chi connectivity index (χ1n) is 7.39. The fraction of sp³-hybridized carbons (Fsp3) is 0.562. The standard InChI is InChI=1S/C16H22ClNO3/c1-3-21-16-12(5-4-6-13(16)17)9-15(20)18-8-7-14(19)11(2)10-18/h4-6,11,14,19H,3,7-10H2,1-2H3/t11-,14+/m1/s1. The normalized spacial score (nSPS) is 22.2. The Balaban J connectivity index is 2.08. The third-order valence-electron chi connectivity index (χ3n) is 3.89. The number of hydrogen-bond donors (Lipinski definition) is 1. The van der Waals surface area contributed by atoms with Gasteiger partial charge in [0.15, 0.2) is 0 Å². The number of halogens is 1. The Hall–Kier alpha value is -1.26. The van der Waals surface area contributed by atoms with E-state index >= 15 is 0 Å². The van der Waals surface area contributed by atoms with Crippen molar-refractivity contribution in [2.75, 3.05) is 19.7 Å². The maximum Gasteiger partial charge on any atom is 0.227 e. The highest BCUT2D eigenvalue weighted by Crippen LogP contribution is 2.29. The SMILES string of the molecule is CCOc1c(Cl)cccc1CC(=O)N1CC[C@H](O)[C@H](C)C1. The summed E-state index contributed by atoms with van der Waals surface area (Å²) in [6.07, 6.45) is 0.610. The van der Waals surface area contributed by atoms with Crippen LogP contribution in [-0.2, 0) is 11.2 Å². The van der Waals surface area contributed by atoms with Gasteiger partial charge in [0.25, 0.3) is 0 Å². The van der Waals surface area contributed by atoms with Crippen LogP contribution in [0.15, 0.2) is 18.2 Å². The molecule has 1 aromatic carbocycles. The summed E-state index contributed by atoms with van der Waals surface area (Å²) < 4.78 is 5.55. The van der Waals surface area contributed by atoms with Gasteiger partial charge in [0.1, 0.15) is 5.75 Å². The number of carbonyl (C=O) groups is 1. The number of likely N-dealkylation sites (tertiary alicyclic amines) is 1. The highest BCUT2D eigenvalue weighted by atomic mass is 35.5. The molecule has 5 heteroatoms. The van der Waals surface area contributed by atoms with E-state index in [9.17, 15) is 9.90 Å². The van der Waals surface area contributed by atoms with Gasteiger partial charge >= 0.3 is 0 Å². The number of rotatable bonds is 4. The monoisotopic (exact) mass is 311 g/mol. The Morgan fingerprint density at radius 3 is 2.95 bits per heavy atom. The van der Waals surface area contributed by atoms with Crippen LogP contribution in [0.2, 0.25) is 5.02 Å². The van der Waals surface area contributed by atoms with E-state index in [4.69, 9.17) is 16.3 Å². The lowest BCUT2D eigenvalue weighted by atomic mass is 9.96. The first kappa shape index (κ1) is 16.1. The number of hydrogen-bond acceptors (Lipinski definition) is 3. The molecule has 0 aliphatic carbocycles. The number of nitrogens with zero attached hydrogens (tertiary/aromatic N) is 1. The van der Waals surface area contributed by atoms with Gasteiger partial charge in [0, 0.05) is 18.7 Å². The number of para-hydroxylation sites is 1. The Labute approximate surface area is 130 Å². The molecule has 0 saturated carbocycles. The third-order valence-corrected chi connectivity index (χ3v) is 4.19. The van der Waals surface area contributed by atoms with Crippen molar-refractivity contribution < 1.29 is 14.6 Å². The predicted molar refractivity (Wildman–Crippen MR) is 82.7 cm³/mol. The summed E-state index contributed by atoms with van der Waals surface area (Å²) in [5, 5.41) is 10.3. The zero-order chi connectivity index (χ0) is 15.4. The lowest BCUT2D eigenvalue weighted by Crippen LogP contribution is -2.45. The summed E-state index contributed by atoms with van der Waals surface area (Å²) in [6.45, 7) is 5.58. The van der Waals surface area contributed by atoms with Crippen molar-refractivity contribution >= 4 is 17.5 Å². The average molecular weight is 312 g/mol. The molecule has 4 nitrogen and oxygen atoms in total. The molecule has 1 amide bonds. The van der Waals surface area contributed by atoms with Crippen molar-refractivity contribution in [3.8, 4) is 5.75 Å². The van der Waals surface area contributed by atoms with Crippen molar-refractivity contribution in [3.63, 3.8) is 0 Å². The van der Waals surface area contributed by atoms with Gasteiger partial charge in [-0.05, 0) is 25.3 Å². The van der Waals surface area contributed by atoms with Gasteiger partial charge < -0.3 is 14.7 Å². The largest absolute Gasteiger partial charge is 0.492 e. The minimum atomic E-state index is -0.306. The van der Waals surface area contributed by atoms with E-state index in [0.29, 0.717) is 36.9 Å². The second-order valence-corrected chi connectivity index (χ2v) is 5.92. The molecule has 0 radical (unpaired) electrons. The molecule has 0 bridgehead atoms. The molecule has 116 valence electrons. The van der Waals surface area contributed by atoms with Crippen molar-refractivity contribution in [3.05, 3.63) is 28.8 Å². The van der Waals surface area contributed by atoms with Crippen LogP contribution in [0.4, 0.5) is 0 Å². The van der Waals surface area contributed by atoms with Crippen LogP contribution in [0, 0.1) is 5.92 Å². The zero-order valence-corrected chi connectivity index (χ0v) is 13.3. The van der Waals surface area contributed by atoms with Gasteiger partial charge in [0.2, 0.25) is 5.91 Å². The summed E-state index contributed by atoms with van der Waals surface area (Å²) in [5.41, 5.74) is 0.813. The van der Waals surface area contributed by atoms with E-state index in [1.54, 1.807) is 6.07 Å². The molecule has 1 N–H and O–H groups in total. The van der Waals surface area contributed by atoms with Gasteiger partial charge in [-0.1, -0.05) is 30.7 Å². The van der Waals surface area contributed by atoms with Crippen LogP contribution in [0.5, 0.6) is 5.75 Å². The number of aliphatic hydroxyl groups is 1. The van der Waals surface area contributed by atoms with E-state index in [-0.39, 0.29) is 24.3 Å². The van der Waals surface area contributed by atoms with Crippen LogP contribution in [0.1, 0.15) is 25.8 Å². The molecule has 1 aliphatic heterocycles. The molecule has 1 fully saturated rings. The molecule has 2 rings (SSSR count). The van der Waals surface area contributed by atoms with Crippen molar-refractivity contribution in [2.24, 2.45) is 5.92 Å². The molecular weight excluding hydrogens is 290 g/mol. The summed E-state index contributed by atoms with van der Waals surface area (Å²) in [4.78, 5) is 14.2. The van der Waals surface area contributed by atoms with Crippen LogP contribution >= 0.6 is 11.6 Å². The smallest absolute Gasteiger partial charge is 0.227 e. The Kier molecular flexibility index (Phi) is 5.48. The fourth-order valence-electron chi connectivity index (χ4n) is 2.63.